The molecule has 2 heterocycles. The van der Waals surface area contributed by atoms with E-state index in [1.54, 1.807) is 0 Å². The maximum absolute atomic E-state index is 11.8. The molecule has 3 aliphatic rings. The summed E-state index contributed by atoms with van der Waals surface area (Å²) in [6.07, 6.45) is 11.9. The molecule has 3 fully saturated rings. The van der Waals surface area contributed by atoms with Gasteiger partial charge in [-0.1, -0.05) is 0 Å². The number of aliphatic hydroxyl groups excluding tert-OH is 1. The maximum Gasteiger partial charge on any atom is 0.254 e. The van der Waals surface area contributed by atoms with E-state index in [9.17, 15) is 9.90 Å². The molecule has 1 aromatic heterocycles. The zero-order chi connectivity index (χ0) is 20.2. The van der Waals surface area contributed by atoms with Crippen molar-refractivity contribution < 1.29 is 9.90 Å². The Balaban J connectivity index is 1.38. The SMILES string of the molecule is NC(=O)c1cnc(N[C@H]2CC[C@H](N3CCCC3)CC2)nc1N[C@@H]1CCCC(O)C1. The zero-order valence-corrected chi connectivity index (χ0v) is 17.1. The fraction of sp³-hybridized carbons (Fsp3) is 0.762. The summed E-state index contributed by atoms with van der Waals surface area (Å²) in [6.45, 7) is 2.51. The van der Waals surface area contributed by atoms with E-state index in [0.29, 0.717) is 29.8 Å². The first-order valence-corrected chi connectivity index (χ1v) is 11.2. The number of likely N-dealkylation sites (tertiary alicyclic amines) is 1. The lowest BCUT2D eigenvalue weighted by Gasteiger charge is -2.34. The molecule has 2 saturated carbocycles. The Morgan fingerprint density at radius 3 is 2.48 bits per heavy atom. The van der Waals surface area contributed by atoms with Crippen LogP contribution < -0.4 is 16.4 Å². The Morgan fingerprint density at radius 2 is 1.79 bits per heavy atom. The highest BCUT2D eigenvalue weighted by Crippen LogP contribution is 2.28. The predicted molar refractivity (Wildman–Crippen MR) is 113 cm³/mol. The molecular weight excluding hydrogens is 368 g/mol. The zero-order valence-electron chi connectivity index (χ0n) is 17.1. The van der Waals surface area contributed by atoms with Crippen molar-refractivity contribution in [1.29, 1.82) is 0 Å². The topological polar surface area (TPSA) is 116 Å². The van der Waals surface area contributed by atoms with E-state index in [0.717, 1.165) is 38.1 Å². The molecule has 0 bridgehead atoms. The van der Waals surface area contributed by atoms with Crippen molar-refractivity contribution in [3.63, 3.8) is 0 Å². The van der Waals surface area contributed by atoms with Crippen LogP contribution in [-0.2, 0) is 0 Å². The van der Waals surface area contributed by atoms with E-state index < -0.39 is 5.91 Å². The fourth-order valence-corrected chi connectivity index (χ4v) is 5.10. The van der Waals surface area contributed by atoms with Gasteiger partial charge in [0.1, 0.15) is 5.82 Å². The minimum atomic E-state index is -0.540. The summed E-state index contributed by atoms with van der Waals surface area (Å²) in [5.74, 6) is 0.472. The van der Waals surface area contributed by atoms with E-state index in [1.165, 1.54) is 45.0 Å². The van der Waals surface area contributed by atoms with Crippen LogP contribution in [0, 0.1) is 0 Å². The van der Waals surface area contributed by atoms with Crippen LogP contribution in [0.1, 0.15) is 74.6 Å². The van der Waals surface area contributed by atoms with Crippen LogP contribution in [0.25, 0.3) is 0 Å². The summed E-state index contributed by atoms with van der Waals surface area (Å²) in [5, 5.41) is 16.7. The number of aromatic nitrogens is 2. The number of rotatable bonds is 6. The number of nitrogens with zero attached hydrogens (tertiary/aromatic N) is 3. The standard InChI is InChI=1S/C21H34N6O2/c22-19(29)18-13-23-21(26-20(18)24-15-4-3-5-17(28)12-15)25-14-6-8-16(9-7-14)27-10-1-2-11-27/h13-17,28H,1-12H2,(H2,22,29)(H2,23,24,25,26)/t14-,15-,16-,17?/m1/s1. The lowest BCUT2D eigenvalue weighted by Crippen LogP contribution is -2.39. The van der Waals surface area contributed by atoms with E-state index in [-0.39, 0.29) is 12.1 Å². The van der Waals surface area contributed by atoms with Crippen molar-refractivity contribution >= 4 is 17.7 Å². The number of carbonyl (C=O) groups excluding carboxylic acids is 1. The number of anilines is 2. The number of carbonyl (C=O) groups is 1. The molecule has 1 amide bonds. The molecule has 0 spiro atoms. The third kappa shape index (κ3) is 5.17. The Hall–Kier alpha value is -1.93. The van der Waals surface area contributed by atoms with Crippen LogP contribution in [0.4, 0.5) is 11.8 Å². The number of hydrogen-bond donors (Lipinski definition) is 4. The van der Waals surface area contributed by atoms with Gasteiger partial charge in [-0.25, -0.2) is 4.98 Å². The third-order valence-electron chi connectivity index (χ3n) is 6.73. The molecular formula is C21H34N6O2. The van der Waals surface area contributed by atoms with E-state index >= 15 is 0 Å². The van der Waals surface area contributed by atoms with Gasteiger partial charge >= 0.3 is 0 Å². The van der Waals surface area contributed by atoms with Gasteiger partial charge in [0.2, 0.25) is 5.95 Å². The first kappa shape index (κ1) is 20.3. The van der Waals surface area contributed by atoms with Crippen LogP contribution >= 0.6 is 0 Å². The van der Waals surface area contributed by atoms with Gasteiger partial charge in [-0.05, 0) is 77.3 Å². The summed E-state index contributed by atoms with van der Waals surface area (Å²) in [6, 6.07) is 1.18. The molecule has 29 heavy (non-hydrogen) atoms. The summed E-state index contributed by atoms with van der Waals surface area (Å²) >= 11 is 0. The summed E-state index contributed by atoms with van der Waals surface area (Å²) in [7, 11) is 0. The molecule has 0 aromatic carbocycles. The molecule has 1 saturated heterocycles. The fourth-order valence-electron chi connectivity index (χ4n) is 5.10. The lowest BCUT2D eigenvalue weighted by atomic mass is 9.90. The van der Waals surface area contributed by atoms with Crippen LogP contribution in [0.2, 0.25) is 0 Å². The highest BCUT2D eigenvalue weighted by Gasteiger charge is 2.28. The van der Waals surface area contributed by atoms with Gasteiger partial charge in [0.15, 0.2) is 0 Å². The average Bonchev–Trinajstić information content (AvgIpc) is 3.23. The van der Waals surface area contributed by atoms with Gasteiger partial charge in [0.25, 0.3) is 5.91 Å². The third-order valence-corrected chi connectivity index (χ3v) is 6.73. The van der Waals surface area contributed by atoms with Gasteiger partial charge < -0.3 is 26.4 Å². The Labute approximate surface area is 172 Å². The monoisotopic (exact) mass is 402 g/mol. The highest BCUT2D eigenvalue weighted by atomic mass is 16.3. The quantitative estimate of drug-likeness (QED) is 0.576. The first-order valence-electron chi connectivity index (χ1n) is 11.2. The van der Waals surface area contributed by atoms with Crippen molar-refractivity contribution in [2.75, 3.05) is 23.7 Å². The second-order valence-corrected chi connectivity index (χ2v) is 8.87. The van der Waals surface area contributed by atoms with Crippen LogP contribution in [0.3, 0.4) is 0 Å². The second kappa shape index (κ2) is 9.26. The molecule has 160 valence electrons. The number of aliphatic hydroxyl groups is 1. The van der Waals surface area contributed by atoms with E-state index in [2.05, 4.69) is 25.5 Å². The van der Waals surface area contributed by atoms with Crippen molar-refractivity contribution in [3.8, 4) is 0 Å². The van der Waals surface area contributed by atoms with Crippen molar-refractivity contribution in [1.82, 2.24) is 14.9 Å². The Morgan fingerprint density at radius 1 is 1.03 bits per heavy atom. The smallest absolute Gasteiger partial charge is 0.254 e. The van der Waals surface area contributed by atoms with E-state index in [1.807, 2.05) is 0 Å². The van der Waals surface area contributed by atoms with Gasteiger partial charge in [0, 0.05) is 24.3 Å². The first-order chi connectivity index (χ1) is 14.1. The van der Waals surface area contributed by atoms with Gasteiger partial charge in [0.05, 0.1) is 11.7 Å². The Kier molecular flexibility index (Phi) is 6.50. The number of primary amides is 1. The van der Waals surface area contributed by atoms with Gasteiger partial charge in [-0.3, -0.25) is 4.79 Å². The molecule has 2 aliphatic carbocycles. The molecule has 2 atom stereocenters. The summed E-state index contributed by atoms with van der Waals surface area (Å²) in [4.78, 5) is 23.4. The average molecular weight is 403 g/mol. The van der Waals surface area contributed by atoms with Crippen LogP contribution in [0.5, 0.6) is 0 Å². The van der Waals surface area contributed by atoms with Crippen LogP contribution in [0.15, 0.2) is 6.20 Å². The lowest BCUT2D eigenvalue weighted by molar-refractivity contribution is 0.100. The molecule has 1 unspecified atom stereocenters. The second-order valence-electron chi connectivity index (χ2n) is 8.87. The molecule has 5 N–H and O–H groups in total. The number of hydrogen-bond acceptors (Lipinski definition) is 7. The summed E-state index contributed by atoms with van der Waals surface area (Å²) < 4.78 is 0. The van der Waals surface area contributed by atoms with Crippen molar-refractivity contribution in [2.24, 2.45) is 5.73 Å². The minimum absolute atomic E-state index is 0.0931. The number of amides is 1. The molecule has 1 aromatic rings. The highest BCUT2D eigenvalue weighted by molar-refractivity contribution is 5.97. The molecule has 1 aliphatic heterocycles. The van der Waals surface area contributed by atoms with E-state index in [4.69, 9.17) is 5.73 Å². The van der Waals surface area contributed by atoms with Crippen molar-refractivity contribution in [2.45, 2.75) is 88.4 Å². The summed E-state index contributed by atoms with van der Waals surface area (Å²) in [5.41, 5.74) is 5.82. The van der Waals surface area contributed by atoms with Gasteiger partial charge in [-0.15, -0.1) is 0 Å². The normalized spacial score (nSPS) is 30.8. The molecule has 4 rings (SSSR count). The minimum Gasteiger partial charge on any atom is -0.393 e. The molecule has 0 radical (unpaired) electrons. The molecule has 8 nitrogen and oxygen atoms in total. The van der Waals surface area contributed by atoms with Gasteiger partial charge in [-0.2, -0.15) is 4.98 Å². The molecule has 8 heteroatoms. The predicted octanol–water partition coefficient (Wildman–Crippen LogP) is 2.11. The van der Waals surface area contributed by atoms with Crippen LogP contribution in [-0.4, -0.2) is 63.2 Å². The number of nitrogens with two attached hydrogens (primary N) is 1. The maximum atomic E-state index is 11.8. The largest absolute Gasteiger partial charge is 0.393 e. The van der Waals surface area contributed by atoms with Crippen molar-refractivity contribution in [3.05, 3.63) is 11.8 Å². The Bertz CT molecular complexity index is 700. The number of nitrogens with one attached hydrogen (secondary N) is 2.